The van der Waals surface area contributed by atoms with Crippen molar-refractivity contribution in [2.24, 2.45) is 0 Å². The van der Waals surface area contributed by atoms with E-state index in [1.807, 2.05) is 18.2 Å². The Kier molecular flexibility index (Phi) is 7.37. The zero-order valence-electron chi connectivity index (χ0n) is 15.1. The first-order valence-electron chi connectivity index (χ1n) is 9.00. The average molecular weight is 334 g/mol. The minimum absolute atomic E-state index is 0.0690. The first-order chi connectivity index (χ1) is 11.7. The number of fused-ring (bicyclic) bond motifs is 1. The Labute approximate surface area is 145 Å². The van der Waals surface area contributed by atoms with E-state index in [1.54, 1.807) is 7.11 Å². The molecule has 1 N–H and O–H groups in total. The summed E-state index contributed by atoms with van der Waals surface area (Å²) in [6, 6.07) is 5.67. The van der Waals surface area contributed by atoms with Crippen molar-refractivity contribution in [1.29, 1.82) is 0 Å². The predicted molar refractivity (Wildman–Crippen MR) is 95.6 cm³/mol. The molecule has 0 aliphatic carbocycles. The molecule has 1 heterocycles. The van der Waals surface area contributed by atoms with Crippen molar-refractivity contribution in [1.82, 2.24) is 10.2 Å². The average Bonchev–Trinajstić information content (AvgIpc) is 2.99. The molecule has 1 atom stereocenters. The molecule has 1 aliphatic rings. The van der Waals surface area contributed by atoms with Gasteiger partial charge < -0.3 is 14.8 Å². The van der Waals surface area contributed by atoms with Gasteiger partial charge in [-0.15, -0.1) is 0 Å². The third-order valence-electron chi connectivity index (χ3n) is 4.36. The second-order valence-corrected chi connectivity index (χ2v) is 6.32. The van der Waals surface area contributed by atoms with Gasteiger partial charge in [-0.05, 0) is 38.1 Å². The Hall–Kier alpha value is -1.75. The van der Waals surface area contributed by atoms with E-state index >= 15 is 0 Å². The summed E-state index contributed by atoms with van der Waals surface area (Å²) >= 11 is 0. The Bertz CT molecular complexity index is 525. The van der Waals surface area contributed by atoms with Gasteiger partial charge in [0.05, 0.1) is 19.7 Å². The van der Waals surface area contributed by atoms with Gasteiger partial charge in [-0.25, -0.2) is 0 Å². The molecule has 1 amide bonds. The number of carbonyl (C=O) groups excluding carboxylic acids is 1. The summed E-state index contributed by atoms with van der Waals surface area (Å²) in [6.07, 6.45) is 4.56. The Morgan fingerprint density at radius 2 is 2.00 bits per heavy atom. The Balaban J connectivity index is 1.90. The van der Waals surface area contributed by atoms with Crippen LogP contribution in [0.3, 0.4) is 0 Å². The molecular formula is C19H30N2O3. The molecule has 134 valence electrons. The topological polar surface area (TPSA) is 50.8 Å². The first kappa shape index (κ1) is 18.6. The molecule has 1 unspecified atom stereocenters. The maximum absolute atomic E-state index is 12.4. The van der Waals surface area contributed by atoms with Crippen LogP contribution in [0.25, 0.3) is 0 Å². The predicted octanol–water partition coefficient (Wildman–Crippen LogP) is 3.15. The largest absolute Gasteiger partial charge is 0.497 e. The molecule has 24 heavy (non-hydrogen) atoms. The Morgan fingerprint density at radius 1 is 1.29 bits per heavy atom. The van der Waals surface area contributed by atoms with E-state index in [2.05, 4.69) is 24.1 Å². The standard InChI is InChI=1S/C19H30N2O3/c1-4-6-10-21(11-7-5-2)13-19(22)20-17-14-24-18-12-15(23-3)8-9-16(17)18/h8-9,12,17H,4-7,10-11,13-14H2,1-3H3,(H,20,22). The lowest BCUT2D eigenvalue weighted by atomic mass is 10.1. The van der Waals surface area contributed by atoms with Gasteiger partial charge in [-0.3, -0.25) is 9.69 Å². The molecule has 5 nitrogen and oxygen atoms in total. The molecule has 0 saturated carbocycles. The summed E-state index contributed by atoms with van der Waals surface area (Å²) in [6.45, 7) is 7.27. The summed E-state index contributed by atoms with van der Waals surface area (Å²) in [5.74, 6) is 1.64. The third kappa shape index (κ3) is 5.13. The second kappa shape index (κ2) is 9.52. The maximum Gasteiger partial charge on any atom is 0.234 e. The van der Waals surface area contributed by atoms with Gasteiger partial charge in [0.25, 0.3) is 0 Å². The fraction of sp³-hybridized carbons (Fsp3) is 0.632. The van der Waals surface area contributed by atoms with Crippen LogP contribution in [0.1, 0.15) is 51.1 Å². The summed E-state index contributed by atoms with van der Waals surface area (Å²) in [7, 11) is 1.64. The third-order valence-corrected chi connectivity index (χ3v) is 4.36. The minimum Gasteiger partial charge on any atom is -0.497 e. The number of hydrogen-bond acceptors (Lipinski definition) is 4. The van der Waals surface area contributed by atoms with E-state index in [1.165, 1.54) is 0 Å². The number of amides is 1. The highest BCUT2D eigenvalue weighted by Crippen LogP contribution is 2.35. The van der Waals surface area contributed by atoms with Crippen LogP contribution in [-0.4, -0.2) is 44.2 Å². The lowest BCUT2D eigenvalue weighted by Gasteiger charge is -2.22. The van der Waals surface area contributed by atoms with Gasteiger partial charge in [0.2, 0.25) is 5.91 Å². The molecule has 0 aromatic heterocycles. The Morgan fingerprint density at radius 3 is 2.62 bits per heavy atom. The number of methoxy groups -OCH3 is 1. The van der Waals surface area contributed by atoms with Crippen molar-refractivity contribution in [2.75, 3.05) is 33.4 Å². The van der Waals surface area contributed by atoms with Crippen molar-refractivity contribution in [3.8, 4) is 11.5 Å². The number of benzene rings is 1. The van der Waals surface area contributed by atoms with Crippen LogP contribution in [0.5, 0.6) is 11.5 Å². The highest BCUT2D eigenvalue weighted by molar-refractivity contribution is 5.78. The molecule has 0 bridgehead atoms. The van der Waals surface area contributed by atoms with Crippen LogP contribution in [-0.2, 0) is 4.79 Å². The normalized spacial score (nSPS) is 15.9. The van der Waals surface area contributed by atoms with Gasteiger partial charge >= 0.3 is 0 Å². The van der Waals surface area contributed by atoms with Crippen molar-refractivity contribution in [2.45, 2.75) is 45.6 Å². The van der Waals surface area contributed by atoms with Gasteiger partial charge in [-0.1, -0.05) is 26.7 Å². The van der Waals surface area contributed by atoms with E-state index in [0.29, 0.717) is 13.2 Å². The quantitative estimate of drug-likeness (QED) is 0.714. The van der Waals surface area contributed by atoms with Crippen molar-refractivity contribution >= 4 is 5.91 Å². The van der Waals surface area contributed by atoms with Crippen LogP contribution in [0.15, 0.2) is 18.2 Å². The van der Waals surface area contributed by atoms with Gasteiger partial charge in [-0.2, -0.15) is 0 Å². The zero-order valence-corrected chi connectivity index (χ0v) is 15.1. The molecular weight excluding hydrogens is 304 g/mol. The van der Waals surface area contributed by atoms with Gasteiger partial charge in [0, 0.05) is 11.6 Å². The summed E-state index contributed by atoms with van der Waals surface area (Å²) in [4.78, 5) is 14.7. The number of ether oxygens (including phenoxy) is 2. The maximum atomic E-state index is 12.4. The second-order valence-electron chi connectivity index (χ2n) is 6.32. The highest BCUT2D eigenvalue weighted by atomic mass is 16.5. The van der Waals surface area contributed by atoms with Crippen LogP contribution in [0.4, 0.5) is 0 Å². The van der Waals surface area contributed by atoms with Crippen LogP contribution < -0.4 is 14.8 Å². The van der Waals surface area contributed by atoms with E-state index in [-0.39, 0.29) is 11.9 Å². The minimum atomic E-state index is -0.0717. The van der Waals surface area contributed by atoms with Crippen molar-refractivity contribution in [3.05, 3.63) is 23.8 Å². The molecule has 0 radical (unpaired) electrons. The fourth-order valence-electron chi connectivity index (χ4n) is 2.91. The number of carbonyl (C=O) groups is 1. The molecule has 0 saturated heterocycles. The van der Waals surface area contributed by atoms with Crippen LogP contribution >= 0.6 is 0 Å². The van der Waals surface area contributed by atoms with Crippen LogP contribution in [0, 0.1) is 0 Å². The summed E-state index contributed by atoms with van der Waals surface area (Å²) in [5.41, 5.74) is 1.03. The number of nitrogens with one attached hydrogen (secondary N) is 1. The van der Waals surface area contributed by atoms with Crippen LogP contribution in [0.2, 0.25) is 0 Å². The van der Waals surface area contributed by atoms with Gasteiger partial charge in [0.15, 0.2) is 0 Å². The van der Waals surface area contributed by atoms with E-state index < -0.39 is 0 Å². The molecule has 1 aromatic rings. The smallest absolute Gasteiger partial charge is 0.234 e. The van der Waals surface area contributed by atoms with Gasteiger partial charge in [0.1, 0.15) is 18.1 Å². The monoisotopic (exact) mass is 334 g/mol. The lowest BCUT2D eigenvalue weighted by Crippen LogP contribution is -2.40. The summed E-state index contributed by atoms with van der Waals surface area (Å²) in [5, 5.41) is 3.11. The number of hydrogen-bond donors (Lipinski definition) is 1. The first-order valence-corrected chi connectivity index (χ1v) is 9.00. The molecule has 1 aromatic carbocycles. The molecule has 1 aliphatic heterocycles. The lowest BCUT2D eigenvalue weighted by molar-refractivity contribution is -0.123. The molecule has 2 rings (SSSR count). The highest BCUT2D eigenvalue weighted by Gasteiger charge is 2.26. The zero-order chi connectivity index (χ0) is 17.4. The number of rotatable bonds is 10. The molecule has 0 spiro atoms. The van der Waals surface area contributed by atoms with E-state index in [9.17, 15) is 4.79 Å². The molecule has 5 heteroatoms. The number of nitrogens with zero attached hydrogens (tertiary/aromatic N) is 1. The van der Waals surface area contributed by atoms with E-state index in [0.717, 1.165) is 55.8 Å². The summed E-state index contributed by atoms with van der Waals surface area (Å²) < 4.78 is 10.9. The number of unbranched alkanes of at least 4 members (excludes halogenated alkanes) is 2. The van der Waals surface area contributed by atoms with Crippen molar-refractivity contribution < 1.29 is 14.3 Å². The van der Waals surface area contributed by atoms with E-state index in [4.69, 9.17) is 9.47 Å². The van der Waals surface area contributed by atoms with Crippen molar-refractivity contribution in [3.63, 3.8) is 0 Å². The fourth-order valence-corrected chi connectivity index (χ4v) is 2.91. The SMILES string of the molecule is CCCCN(CCCC)CC(=O)NC1COc2cc(OC)ccc21. The molecule has 0 fully saturated rings.